The molecular weight excluding hydrogens is 380 g/mol. The lowest BCUT2D eigenvalue weighted by atomic mass is 9.87. The van der Waals surface area contributed by atoms with Gasteiger partial charge in [-0.3, -0.25) is 4.79 Å². The molecule has 0 unspecified atom stereocenters. The number of ether oxygens (including phenoxy) is 3. The number of fused-ring (bicyclic) bond motifs is 2. The molecule has 1 aromatic heterocycles. The first-order chi connectivity index (χ1) is 14.7. The maximum absolute atomic E-state index is 13.2. The summed E-state index contributed by atoms with van der Waals surface area (Å²) in [4.78, 5) is 15.1. The first-order valence-corrected chi connectivity index (χ1v) is 10.6. The summed E-state index contributed by atoms with van der Waals surface area (Å²) in [5.41, 5.74) is 3.44. The zero-order valence-electron chi connectivity index (χ0n) is 17.2. The van der Waals surface area contributed by atoms with E-state index in [0.29, 0.717) is 32.7 Å². The maximum atomic E-state index is 13.2. The van der Waals surface area contributed by atoms with Gasteiger partial charge in [0.15, 0.2) is 11.5 Å². The second-order valence-corrected chi connectivity index (χ2v) is 7.75. The van der Waals surface area contributed by atoms with E-state index in [1.807, 2.05) is 17.0 Å². The van der Waals surface area contributed by atoms with Crippen molar-refractivity contribution in [3.63, 3.8) is 0 Å². The molecule has 0 spiro atoms. The number of amides is 1. The third kappa shape index (κ3) is 3.41. The van der Waals surface area contributed by atoms with E-state index < -0.39 is 0 Å². The Balaban J connectivity index is 1.57. The van der Waals surface area contributed by atoms with E-state index >= 15 is 0 Å². The Hall–Kier alpha value is -2.99. The summed E-state index contributed by atoms with van der Waals surface area (Å²) < 4.78 is 18.8. The van der Waals surface area contributed by atoms with Crippen LogP contribution in [0.2, 0.25) is 0 Å². The highest BCUT2D eigenvalue weighted by molar-refractivity contribution is 5.87. The summed E-state index contributed by atoms with van der Waals surface area (Å²) in [6, 6.07) is 14.4. The average molecular weight is 406 g/mol. The molecule has 1 fully saturated rings. The molecule has 0 saturated carbocycles. The maximum Gasteiger partial charge on any atom is 0.231 e. The number of nitrogens with zero attached hydrogens (tertiary/aromatic N) is 2. The van der Waals surface area contributed by atoms with Gasteiger partial charge in [-0.2, -0.15) is 0 Å². The number of hydrogen-bond donors (Lipinski definition) is 0. The van der Waals surface area contributed by atoms with Crippen LogP contribution in [0.5, 0.6) is 11.5 Å². The lowest BCUT2D eigenvalue weighted by Gasteiger charge is -2.28. The third-order valence-corrected chi connectivity index (χ3v) is 6.08. The van der Waals surface area contributed by atoms with Crippen molar-refractivity contribution in [3.8, 4) is 11.5 Å². The van der Waals surface area contributed by atoms with Crippen LogP contribution in [0.1, 0.15) is 30.4 Å². The smallest absolute Gasteiger partial charge is 0.231 e. The Kier molecular flexibility index (Phi) is 5.09. The molecule has 1 amide bonds. The number of carbonyl (C=O) groups is 1. The fraction of sp³-hybridized carbons (Fsp3) is 0.375. The van der Waals surface area contributed by atoms with Gasteiger partial charge in [0.1, 0.15) is 0 Å². The van der Waals surface area contributed by atoms with Crippen molar-refractivity contribution in [2.75, 3.05) is 33.1 Å². The van der Waals surface area contributed by atoms with Gasteiger partial charge in [-0.15, -0.1) is 0 Å². The summed E-state index contributed by atoms with van der Waals surface area (Å²) in [7, 11) is 0. The van der Waals surface area contributed by atoms with E-state index in [9.17, 15) is 4.79 Å². The van der Waals surface area contributed by atoms with Crippen molar-refractivity contribution < 1.29 is 19.0 Å². The summed E-state index contributed by atoms with van der Waals surface area (Å²) >= 11 is 0. The number of hydrogen-bond acceptors (Lipinski definition) is 4. The minimum Gasteiger partial charge on any atom is -0.454 e. The predicted molar refractivity (Wildman–Crippen MR) is 114 cm³/mol. The Labute approximate surface area is 175 Å². The van der Waals surface area contributed by atoms with Crippen molar-refractivity contribution >= 4 is 16.8 Å². The SMILES string of the molecule is CCn1cc([C@@H](CC(=O)N2CCOCC2)c2ccc3c(c2)OCO3)c2ccccc21. The molecule has 0 aliphatic carbocycles. The van der Waals surface area contributed by atoms with Gasteiger partial charge < -0.3 is 23.7 Å². The van der Waals surface area contributed by atoms with Gasteiger partial charge in [0.25, 0.3) is 0 Å². The zero-order valence-corrected chi connectivity index (χ0v) is 17.2. The Bertz CT molecular complexity index is 1070. The standard InChI is InChI=1S/C24H26N2O4/c1-2-25-15-20(18-5-3-4-6-21(18)25)19(14-24(27)26-9-11-28-12-10-26)17-7-8-22-23(13-17)30-16-29-22/h3-8,13,15,19H,2,9-12,14,16H2,1H3/t19-/m0/s1. The molecule has 2 aliphatic rings. The van der Waals surface area contributed by atoms with E-state index in [-0.39, 0.29) is 18.6 Å². The van der Waals surface area contributed by atoms with Gasteiger partial charge in [-0.05, 0) is 36.2 Å². The minimum absolute atomic E-state index is 0.0625. The molecule has 1 atom stereocenters. The van der Waals surface area contributed by atoms with Crippen LogP contribution in [0.3, 0.4) is 0 Å². The number of aryl methyl sites for hydroxylation is 1. The monoisotopic (exact) mass is 406 g/mol. The Morgan fingerprint density at radius 2 is 1.87 bits per heavy atom. The van der Waals surface area contributed by atoms with Gasteiger partial charge in [0.2, 0.25) is 12.7 Å². The molecule has 0 bridgehead atoms. The topological polar surface area (TPSA) is 52.9 Å². The summed E-state index contributed by atoms with van der Waals surface area (Å²) in [6.45, 7) is 5.79. The van der Waals surface area contributed by atoms with Crippen molar-refractivity contribution in [3.05, 3.63) is 59.8 Å². The summed E-state index contributed by atoms with van der Waals surface area (Å²) in [5, 5.41) is 1.19. The predicted octanol–water partition coefficient (Wildman–Crippen LogP) is 3.77. The minimum atomic E-state index is -0.0625. The van der Waals surface area contributed by atoms with E-state index in [2.05, 4.69) is 48.0 Å². The molecule has 3 aromatic rings. The first-order valence-electron chi connectivity index (χ1n) is 10.6. The van der Waals surface area contributed by atoms with Crippen LogP contribution >= 0.6 is 0 Å². The van der Waals surface area contributed by atoms with Gasteiger partial charge in [-0.25, -0.2) is 0 Å². The summed E-state index contributed by atoms with van der Waals surface area (Å²) in [5.74, 6) is 1.60. The molecule has 5 rings (SSSR count). The van der Waals surface area contributed by atoms with E-state index in [1.54, 1.807) is 0 Å². The molecule has 156 valence electrons. The van der Waals surface area contributed by atoms with Crippen LogP contribution in [0, 0.1) is 0 Å². The van der Waals surface area contributed by atoms with Crippen molar-refractivity contribution in [2.24, 2.45) is 0 Å². The first kappa shape index (κ1) is 19.0. The van der Waals surface area contributed by atoms with Gasteiger partial charge in [0, 0.05) is 49.1 Å². The molecule has 1 saturated heterocycles. The van der Waals surface area contributed by atoms with Gasteiger partial charge in [-0.1, -0.05) is 24.3 Å². The summed E-state index contributed by atoms with van der Waals surface area (Å²) in [6.07, 6.45) is 2.61. The number of aromatic nitrogens is 1. The highest BCUT2D eigenvalue weighted by Gasteiger charge is 2.27. The average Bonchev–Trinajstić information content (AvgIpc) is 3.42. The zero-order chi connectivity index (χ0) is 20.5. The van der Waals surface area contributed by atoms with Crippen LogP contribution in [0.4, 0.5) is 0 Å². The number of rotatable bonds is 5. The van der Waals surface area contributed by atoms with Crippen LogP contribution < -0.4 is 9.47 Å². The normalized spacial score (nSPS) is 16.8. The molecular formula is C24H26N2O4. The number of carbonyl (C=O) groups excluding carboxylic acids is 1. The molecule has 6 nitrogen and oxygen atoms in total. The molecule has 2 aromatic carbocycles. The molecule has 6 heteroatoms. The largest absolute Gasteiger partial charge is 0.454 e. The fourth-order valence-electron chi connectivity index (χ4n) is 4.47. The van der Waals surface area contributed by atoms with Gasteiger partial charge >= 0.3 is 0 Å². The highest BCUT2D eigenvalue weighted by atomic mass is 16.7. The van der Waals surface area contributed by atoms with Crippen LogP contribution in [-0.2, 0) is 16.1 Å². The van der Waals surface area contributed by atoms with Crippen LogP contribution in [0.25, 0.3) is 10.9 Å². The lowest BCUT2D eigenvalue weighted by Crippen LogP contribution is -2.41. The van der Waals surface area contributed by atoms with E-state index in [1.165, 1.54) is 16.5 Å². The molecule has 3 heterocycles. The molecule has 30 heavy (non-hydrogen) atoms. The lowest BCUT2D eigenvalue weighted by molar-refractivity contribution is -0.135. The van der Waals surface area contributed by atoms with Crippen molar-refractivity contribution in [1.82, 2.24) is 9.47 Å². The van der Waals surface area contributed by atoms with Crippen molar-refractivity contribution in [2.45, 2.75) is 25.8 Å². The highest BCUT2D eigenvalue weighted by Crippen LogP contribution is 2.40. The molecule has 0 N–H and O–H groups in total. The second kappa shape index (κ2) is 8.03. The number of morpholine rings is 1. The molecule has 2 aliphatic heterocycles. The second-order valence-electron chi connectivity index (χ2n) is 7.75. The number of para-hydroxylation sites is 1. The van der Waals surface area contributed by atoms with Crippen molar-refractivity contribution in [1.29, 1.82) is 0 Å². The Morgan fingerprint density at radius 1 is 1.07 bits per heavy atom. The van der Waals surface area contributed by atoms with Crippen LogP contribution in [-0.4, -0.2) is 48.5 Å². The third-order valence-electron chi connectivity index (χ3n) is 6.08. The van der Waals surface area contributed by atoms with Gasteiger partial charge in [0.05, 0.1) is 13.2 Å². The fourth-order valence-corrected chi connectivity index (χ4v) is 4.47. The van der Waals surface area contributed by atoms with E-state index in [0.717, 1.165) is 23.6 Å². The number of benzene rings is 2. The van der Waals surface area contributed by atoms with Crippen LogP contribution in [0.15, 0.2) is 48.7 Å². The quantitative estimate of drug-likeness (QED) is 0.647. The Morgan fingerprint density at radius 3 is 2.70 bits per heavy atom. The molecule has 0 radical (unpaired) electrons. The van der Waals surface area contributed by atoms with E-state index in [4.69, 9.17) is 14.2 Å².